The Bertz CT molecular complexity index is 1150. The highest BCUT2D eigenvalue weighted by molar-refractivity contribution is 7.99. The molecule has 3 atom stereocenters. The van der Waals surface area contributed by atoms with Crippen molar-refractivity contribution in [1.29, 1.82) is 0 Å². The van der Waals surface area contributed by atoms with E-state index in [-0.39, 0.29) is 24.1 Å². The standard InChI is InChI=1S/C33H47N3O3S/c1-31-16-23-17-32(2,20-31)22-33(18-23,21-31)34-14-7-5-3-4-6-8-15-40-27-11-9-10-24-25(27)19-36(30(24)39)26-12-13-28(37)35-29(26)38/h9-11,23,26,34H,3-8,12-22H2,1-2H3,(H,35,37,38). The number of piperidine rings is 1. The topological polar surface area (TPSA) is 78.5 Å². The summed E-state index contributed by atoms with van der Waals surface area (Å²) in [6, 6.07) is 5.37. The van der Waals surface area contributed by atoms with Crippen LogP contribution in [0.2, 0.25) is 0 Å². The van der Waals surface area contributed by atoms with E-state index in [1.165, 1.54) is 83.6 Å². The molecule has 7 rings (SSSR count). The maximum absolute atomic E-state index is 13.0. The van der Waals surface area contributed by atoms with E-state index in [0.717, 1.165) is 22.1 Å². The summed E-state index contributed by atoms with van der Waals surface area (Å²) >= 11 is 1.83. The van der Waals surface area contributed by atoms with Crippen molar-refractivity contribution >= 4 is 29.5 Å². The van der Waals surface area contributed by atoms with Crippen molar-refractivity contribution < 1.29 is 14.4 Å². The van der Waals surface area contributed by atoms with Gasteiger partial charge in [-0.25, -0.2) is 0 Å². The van der Waals surface area contributed by atoms with Crippen LogP contribution in [0.5, 0.6) is 0 Å². The molecule has 4 aliphatic carbocycles. The van der Waals surface area contributed by atoms with E-state index in [1.807, 2.05) is 23.9 Å². The molecule has 6 aliphatic rings. The Kier molecular flexibility index (Phi) is 7.84. The summed E-state index contributed by atoms with van der Waals surface area (Å²) in [6.07, 6.45) is 16.9. The van der Waals surface area contributed by atoms with E-state index < -0.39 is 6.04 Å². The molecule has 3 unspecified atom stereocenters. The largest absolute Gasteiger partial charge is 0.322 e. The van der Waals surface area contributed by atoms with Crippen molar-refractivity contribution in [2.75, 3.05) is 12.3 Å². The van der Waals surface area contributed by atoms with Crippen molar-refractivity contribution in [3.05, 3.63) is 29.3 Å². The van der Waals surface area contributed by atoms with Crippen LogP contribution in [0.25, 0.3) is 0 Å². The average Bonchev–Trinajstić information content (AvgIpc) is 3.20. The second kappa shape index (κ2) is 11.1. The highest BCUT2D eigenvalue weighted by Crippen LogP contribution is 2.66. The first kappa shape index (κ1) is 28.3. The van der Waals surface area contributed by atoms with Crippen molar-refractivity contribution in [3.8, 4) is 0 Å². The fraction of sp³-hybridized carbons (Fsp3) is 0.727. The molecule has 3 amide bonds. The summed E-state index contributed by atoms with van der Waals surface area (Å²) in [5, 5.41) is 6.48. The van der Waals surface area contributed by atoms with Gasteiger partial charge in [-0.3, -0.25) is 19.7 Å². The lowest BCUT2D eigenvalue weighted by Crippen LogP contribution is -2.64. The highest BCUT2D eigenvalue weighted by atomic mass is 32.2. The Morgan fingerprint density at radius 1 is 0.950 bits per heavy atom. The second-order valence-corrected chi connectivity index (χ2v) is 15.6. The van der Waals surface area contributed by atoms with Gasteiger partial charge in [0.1, 0.15) is 6.04 Å². The van der Waals surface area contributed by atoms with Gasteiger partial charge in [-0.05, 0) is 105 Å². The molecule has 40 heavy (non-hydrogen) atoms. The molecule has 2 aliphatic heterocycles. The highest BCUT2D eigenvalue weighted by Gasteiger charge is 2.59. The molecule has 4 saturated carbocycles. The first-order valence-corrected chi connectivity index (χ1v) is 16.8. The molecule has 0 spiro atoms. The molecule has 0 radical (unpaired) electrons. The van der Waals surface area contributed by atoms with Crippen LogP contribution in [0, 0.1) is 16.7 Å². The number of unbranched alkanes of at least 4 members (excludes halogenated alkanes) is 5. The number of amides is 3. The van der Waals surface area contributed by atoms with Gasteiger partial charge in [-0.15, -0.1) is 11.8 Å². The van der Waals surface area contributed by atoms with Gasteiger partial charge >= 0.3 is 0 Å². The lowest BCUT2D eigenvalue weighted by Gasteiger charge is -2.65. The molecule has 1 aromatic rings. The molecule has 4 bridgehead atoms. The summed E-state index contributed by atoms with van der Waals surface area (Å²) in [5.74, 6) is 1.32. The number of imide groups is 1. The first-order chi connectivity index (χ1) is 19.2. The third-order valence-electron chi connectivity index (χ3n) is 10.5. The summed E-state index contributed by atoms with van der Waals surface area (Å²) in [6.45, 7) is 6.76. The Morgan fingerprint density at radius 2 is 1.68 bits per heavy atom. The van der Waals surface area contributed by atoms with Crippen molar-refractivity contribution in [1.82, 2.24) is 15.5 Å². The number of nitrogens with zero attached hydrogens (tertiary/aromatic N) is 1. The third kappa shape index (κ3) is 5.74. The van der Waals surface area contributed by atoms with Gasteiger partial charge in [-0.2, -0.15) is 0 Å². The van der Waals surface area contributed by atoms with E-state index in [0.29, 0.717) is 34.9 Å². The molecule has 1 aromatic carbocycles. The number of carbonyl (C=O) groups is 3. The Balaban J connectivity index is 0.876. The Labute approximate surface area is 244 Å². The van der Waals surface area contributed by atoms with Crippen LogP contribution in [0.1, 0.15) is 120 Å². The maximum Gasteiger partial charge on any atom is 0.255 e. The van der Waals surface area contributed by atoms with Gasteiger partial charge in [-0.1, -0.05) is 45.6 Å². The molecule has 0 aromatic heterocycles. The van der Waals surface area contributed by atoms with E-state index in [2.05, 4.69) is 30.5 Å². The SMILES string of the molecule is CC12CC3CC(C)(C1)CC(NCCCCCCCCSc1cccc4c1CN(C1CCC(=O)NC1=O)C4=O)(C3)C2. The molecule has 7 heteroatoms. The Morgan fingerprint density at radius 3 is 2.40 bits per heavy atom. The molecular weight excluding hydrogens is 518 g/mol. The normalized spacial score (nSPS) is 34.5. The molecule has 218 valence electrons. The van der Waals surface area contributed by atoms with Gasteiger partial charge in [0.25, 0.3) is 5.91 Å². The van der Waals surface area contributed by atoms with Gasteiger partial charge in [0.05, 0.1) is 0 Å². The summed E-state index contributed by atoms with van der Waals surface area (Å²) in [4.78, 5) is 39.7. The van der Waals surface area contributed by atoms with Crippen LogP contribution in [0.15, 0.2) is 23.1 Å². The van der Waals surface area contributed by atoms with Crippen LogP contribution < -0.4 is 10.6 Å². The lowest BCUT2D eigenvalue weighted by atomic mass is 9.43. The fourth-order valence-electron chi connectivity index (χ4n) is 9.81. The number of hydrogen-bond donors (Lipinski definition) is 2. The maximum atomic E-state index is 13.0. The first-order valence-electron chi connectivity index (χ1n) is 15.8. The quantitative estimate of drug-likeness (QED) is 0.179. The van der Waals surface area contributed by atoms with E-state index >= 15 is 0 Å². The van der Waals surface area contributed by atoms with Gasteiger partial charge in [0.15, 0.2) is 0 Å². The molecule has 2 N–H and O–H groups in total. The zero-order valence-electron chi connectivity index (χ0n) is 24.5. The third-order valence-corrected chi connectivity index (χ3v) is 11.7. The van der Waals surface area contributed by atoms with Crippen LogP contribution in [0.3, 0.4) is 0 Å². The number of thioether (sulfide) groups is 1. The van der Waals surface area contributed by atoms with Gasteiger partial charge in [0, 0.05) is 29.0 Å². The van der Waals surface area contributed by atoms with Crippen molar-refractivity contribution in [2.24, 2.45) is 16.7 Å². The zero-order valence-corrected chi connectivity index (χ0v) is 25.3. The van der Waals surface area contributed by atoms with Crippen LogP contribution in [0.4, 0.5) is 0 Å². The number of nitrogens with one attached hydrogen (secondary N) is 2. The molecule has 6 nitrogen and oxygen atoms in total. The minimum atomic E-state index is -0.551. The molecular formula is C33H47N3O3S. The number of carbonyl (C=O) groups excluding carboxylic acids is 3. The van der Waals surface area contributed by atoms with Crippen LogP contribution in [-0.2, 0) is 16.1 Å². The monoisotopic (exact) mass is 565 g/mol. The van der Waals surface area contributed by atoms with Crippen LogP contribution in [-0.4, -0.2) is 46.5 Å². The summed E-state index contributed by atoms with van der Waals surface area (Å²) < 4.78 is 0. The van der Waals surface area contributed by atoms with Gasteiger partial charge in [0.2, 0.25) is 11.8 Å². The minimum absolute atomic E-state index is 0.0898. The average molecular weight is 566 g/mol. The smallest absolute Gasteiger partial charge is 0.255 e. The van der Waals surface area contributed by atoms with Crippen molar-refractivity contribution in [2.45, 2.75) is 127 Å². The van der Waals surface area contributed by atoms with E-state index in [4.69, 9.17) is 0 Å². The second-order valence-electron chi connectivity index (χ2n) is 14.5. The Hall–Kier alpha value is -1.86. The lowest BCUT2D eigenvalue weighted by molar-refractivity contribution is -0.136. The fourth-order valence-corrected chi connectivity index (χ4v) is 10.9. The number of fused-ring (bicyclic) bond motifs is 1. The number of benzene rings is 1. The molecule has 2 heterocycles. The summed E-state index contributed by atoms with van der Waals surface area (Å²) in [5.41, 5.74) is 3.35. The predicted octanol–water partition coefficient (Wildman–Crippen LogP) is 6.22. The minimum Gasteiger partial charge on any atom is -0.322 e. The predicted molar refractivity (Wildman–Crippen MR) is 159 cm³/mol. The number of hydrogen-bond acceptors (Lipinski definition) is 5. The summed E-state index contributed by atoms with van der Waals surface area (Å²) in [7, 11) is 0. The van der Waals surface area contributed by atoms with Crippen LogP contribution >= 0.6 is 11.8 Å². The van der Waals surface area contributed by atoms with E-state index in [9.17, 15) is 14.4 Å². The van der Waals surface area contributed by atoms with Gasteiger partial charge < -0.3 is 10.2 Å². The molecule has 5 fully saturated rings. The van der Waals surface area contributed by atoms with E-state index in [1.54, 1.807) is 4.90 Å². The zero-order chi connectivity index (χ0) is 28.0. The van der Waals surface area contributed by atoms with Crippen molar-refractivity contribution in [3.63, 3.8) is 0 Å². The molecule has 1 saturated heterocycles. The number of rotatable bonds is 12.